The molecule has 0 radical (unpaired) electrons. The molecule has 0 N–H and O–H groups in total. The van der Waals surface area contributed by atoms with Gasteiger partial charge in [-0.05, 0) is 65.9 Å². The molecule has 2 fully saturated rings. The first-order chi connectivity index (χ1) is 12.3. The van der Waals surface area contributed by atoms with Gasteiger partial charge in [0, 0.05) is 32.7 Å². The molecule has 0 saturated carbocycles. The minimum absolute atomic E-state index is 0.410. The van der Waals surface area contributed by atoms with E-state index < -0.39 is 0 Å². The van der Waals surface area contributed by atoms with Gasteiger partial charge in [0.25, 0.3) is 0 Å². The topological polar surface area (TPSA) is 28.9 Å². The van der Waals surface area contributed by atoms with Gasteiger partial charge in [-0.15, -0.1) is 0 Å². The SMILES string of the molecule is COC[C@@H]1CN(Cc2ccco2)CC12CCN(Cc1ccsc1)CC2. The lowest BCUT2D eigenvalue weighted by Crippen LogP contribution is -2.44. The molecule has 25 heavy (non-hydrogen) atoms. The smallest absolute Gasteiger partial charge is 0.117 e. The molecule has 4 heterocycles. The largest absolute Gasteiger partial charge is 0.468 e. The third-order valence-corrected chi connectivity index (χ3v) is 6.78. The van der Waals surface area contributed by atoms with Gasteiger partial charge in [0.1, 0.15) is 5.76 Å². The van der Waals surface area contributed by atoms with Crippen LogP contribution in [0.15, 0.2) is 39.6 Å². The van der Waals surface area contributed by atoms with Crippen molar-refractivity contribution >= 4 is 11.3 Å². The molecular formula is C20H28N2O2S. The predicted molar refractivity (Wildman–Crippen MR) is 101 cm³/mol. The maximum atomic E-state index is 5.59. The lowest BCUT2D eigenvalue weighted by Gasteiger charge is -2.42. The van der Waals surface area contributed by atoms with Gasteiger partial charge in [-0.3, -0.25) is 9.80 Å². The van der Waals surface area contributed by atoms with Crippen LogP contribution in [0.3, 0.4) is 0 Å². The lowest BCUT2D eigenvalue weighted by atomic mass is 9.71. The number of methoxy groups -OCH3 is 1. The summed E-state index contributed by atoms with van der Waals surface area (Å²) in [6.07, 6.45) is 4.33. The third-order valence-electron chi connectivity index (χ3n) is 6.05. The summed E-state index contributed by atoms with van der Waals surface area (Å²) in [4.78, 5) is 5.18. The Morgan fingerprint density at radius 3 is 2.80 bits per heavy atom. The fourth-order valence-corrected chi connectivity index (χ4v) is 5.34. The highest BCUT2D eigenvalue weighted by Crippen LogP contribution is 2.45. The highest BCUT2D eigenvalue weighted by molar-refractivity contribution is 7.07. The predicted octanol–water partition coefficient (Wildman–Crippen LogP) is 3.70. The Hall–Kier alpha value is -1.14. The Labute approximate surface area is 154 Å². The Balaban J connectivity index is 1.38. The standard InChI is InChI=1S/C20H28N2O2S/c1-23-14-18-12-22(13-19-3-2-9-24-19)16-20(18)5-7-21(8-6-20)11-17-4-10-25-15-17/h2-4,9-10,15,18H,5-8,11-14,16H2,1H3/t18-/m0/s1. The molecule has 0 aliphatic carbocycles. The van der Waals surface area contributed by atoms with E-state index in [1.807, 2.05) is 13.2 Å². The van der Waals surface area contributed by atoms with Gasteiger partial charge < -0.3 is 9.15 Å². The summed E-state index contributed by atoms with van der Waals surface area (Å²) in [5.41, 5.74) is 1.87. The van der Waals surface area contributed by atoms with Gasteiger partial charge in [-0.2, -0.15) is 11.3 Å². The van der Waals surface area contributed by atoms with Crippen molar-refractivity contribution in [3.63, 3.8) is 0 Å². The summed E-state index contributed by atoms with van der Waals surface area (Å²) in [6, 6.07) is 6.32. The van der Waals surface area contributed by atoms with Crippen LogP contribution >= 0.6 is 11.3 Å². The summed E-state index contributed by atoms with van der Waals surface area (Å²) >= 11 is 1.80. The number of piperidine rings is 1. The average Bonchev–Trinajstić information content (AvgIpc) is 3.34. The molecule has 2 aliphatic rings. The zero-order valence-electron chi connectivity index (χ0n) is 15.0. The minimum Gasteiger partial charge on any atom is -0.468 e. The monoisotopic (exact) mass is 360 g/mol. The van der Waals surface area contributed by atoms with E-state index in [1.54, 1.807) is 17.6 Å². The van der Waals surface area contributed by atoms with Crippen LogP contribution in [-0.2, 0) is 17.8 Å². The van der Waals surface area contributed by atoms with E-state index in [9.17, 15) is 0 Å². The van der Waals surface area contributed by atoms with Crippen molar-refractivity contribution in [2.45, 2.75) is 25.9 Å². The molecule has 4 nitrogen and oxygen atoms in total. The summed E-state index contributed by atoms with van der Waals surface area (Å²) in [5.74, 6) is 1.71. The maximum Gasteiger partial charge on any atom is 0.117 e. The van der Waals surface area contributed by atoms with Gasteiger partial charge in [0.2, 0.25) is 0 Å². The van der Waals surface area contributed by atoms with E-state index in [0.717, 1.165) is 32.0 Å². The maximum absolute atomic E-state index is 5.59. The molecule has 0 amide bonds. The Bertz CT molecular complexity index is 633. The van der Waals surface area contributed by atoms with Crippen molar-refractivity contribution < 1.29 is 9.15 Å². The summed E-state index contributed by atoms with van der Waals surface area (Å²) in [5, 5.41) is 4.46. The third kappa shape index (κ3) is 3.85. The molecule has 2 saturated heterocycles. The van der Waals surface area contributed by atoms with Crippen LogP contribution in [0.25, 0.3) is 0 Å². The van der Waals surface area contributed by atoms with E-state index in [4.69, 9.17) is 9.15 Å². The van der Waals surface area contributed by atoms with Crippen LogP contribution in [0, 0.1) is 11.3 Å². The van der Waals surface area contributed by atoms with Crippen LogP contribution in [0.4, 0.5) is 0 Å². The number of hydrogen-bond donors (Lipinski definition) is 0. The molecule has 0 unspecified atom stereocenters. The quantitative estimate of drug-likeness (QED) is 0.785. The molecule has 1 atom stereocenters. The lowest BCUT2D eigenvalue weighted by molar-refractivity contribution is 0.0350. The summed E-state index contributed by atoms with van der Waals surface area (Å²) < 4.78 is 11.1. The second kappa shape index (κ2) is 7.62. The highest BCUT2D eigenvalue weighted by atomic mass is 32.1. The Morgan fingerprint density at radius 2 is 2.12 bits per heavy atom. The molecule has 0 aromatic carbocycles. The first-order valence-electron chi connectivity index (χ1n) is 9.24. The van der Waals surface area contributed by atoms with Crippen LogP contribution in [0.5, 0.6) is 0 Å². The molecule has 1 spiro atoms. The minimum atomic E-state index is 0.410. The number of rotatable bonds is 6. The molecule has 136 valence electrons. The fraction of sp³-hybridized carbons (Fsp3) is 0.600. The van der Waals surface area contributed by atoms with Crippen molar-refractivity contribution in [1.82, 2.24) is 9.80 Å². The molecular weight excluding hydrogens is 332 g/mol. The van der Waals surface area contributed by atoms with Crippen LogP contribution < -0.4 is 0 Å². The fourth-order valence-electron chi connectivity index (χ4n) is 4.68. The van der Waals surface area contributed by atoms with Gasteiger partial charge in [-0.1, -0.05) is 0 Å². The van der Waals surface area contributed by atoms with Gasteiger partial charge in [-0.25, -0.2) is 0 Å². The number of ether oxygens (including phenoxy) is 1. The van der Waals surface area contributed by atoms with Gasteiger partial charge in [0.15, 0.2) is 0 Å². The first kappa shape index (κ1) is 17.3. The van der Waals surface area contributed by atoms with Crippen molar-refractivity contribution in [2.75, 3.05) is 39.9 Å². The van der Waals surface area contributed by atoms with Gasteiger partial charge in [0.05, 0.1) is 19.4 Å². The van der Waals surface area contributed by atoms with Crippen molar-refractivity contribution in [3.05, 3.63) is 46.5 Å². The number of thiophene rings is 1. The number of nitrogens with zero attached hydrogens (tertiary/aromatic N) is 2. The molecule has 0 bridgehead atoms. The molecule has 2 aromatic heterocycles. The van der Waals surface area contributed by atoms with Gasteiger partial charge >= 0.3 is 0 Å². The van der Waals surface area contributed by atoms with Crippen molar-refractivity contribution in [1.29, 1.82) is 0 Å². The van der Waals surface area contributed by atoms with E-state index in [-0.39, 0.29) is 0 Å². The van der Waals surface area contributed by atoms with Crippen LogP contribution in [0.2, 0.25) is 0 Å². The van der Waals surface area contributed by atoms with E-state index in [2.05, 4.69) is 32.7 Å². The Morgan fingerprint density at radius 1 is 1.24 bits per heavy atom. The number of likely N-dealkylation sites (tertiary alicyclic amines) is 2. The number of furan rings is 1. The zero-order valence-corrected chi connectivity index (χ0v) is 15.8. The van der Waals surface area contributed by atoms with E-state index >= 15 is 0 Å². The van der Waals surface area contributed by atoms with Crippen LogP contribution in [-0.4, -0.2) is 49.7 Å². The molecule has 4 rings (SSSR count). The molecule has 5 heteroatoms. The normalized spacial score (nSPS) is 24.3. The average molecular weight is 361 g/mol. The Kier molecular flexibility index (Phi) is 5.27. The first-order valence-corrected chi connectivity index (χ1v) is 10.2. The van der Waals surface area contributed by atoms with Crippen molar-refractivity contribution in [3.8, 4) is 0 Å². The van der Waals surface area contributed by atoms with Crippen LogP contribution in [0.1, 0.15) is 24.2 Å². The van der Waals surface area contributed by atoms with Crippen molar-refractivity contribution in [2.24, 2.45) is 11.3 Å². The number of hydrogen-bond acceptors (Lipinski definition) is 5. The van der Waals surface area contributed by atoms with E-state index in [0.29, 0.717) is 11.3 Å². The zero-order chi connectivity index (χ0) is 17.1. The second-order valence-corrected chi connectivity index (χ2v) is 8.45. The second-order valence-electron chi connectivity index (χ2n) is 7.67. The summed E-state index contributed by atoms with van der Waals surface area (Å²) in [7, 11) is 1.84. The molecule has 2 aromatic rings. The molecule has 2 aliphatic heterocycles. The highest BCUT2D eigenvalue weighted by Gasteiger charge is 2.47. The summed E-state index contributed by atoms with van der Waals surface area (Å²) in [6.45, 7) is 7.60. The van der Waals surface area contributed by atoms with E-state index in [1.165, 1.54) is 38.0 Å².